The number of carbonyl (C=O) groups excluding carboxylic acids is 1. The van der Waals surface area contributed by atoms with Gasteiger partial charge in [-0.05, 0) is 43.7 Å². The van der Waals surface area contributed by atoms with Gasteiger partial charge in [0.15, 0.2) is 0 Å². The van der Waals surface area contributed by atoms with E-state index in [2.05, 4.69) is 36.1 Å². The lowest BCUT2D eigenvalue weighted by atomic mass is 10.1. The maximum atomic E-state index is 12.4. The molecular weight excluding hydrogens is 362 g/mol. The Kier molecular flexibility index (Phi) is 7.35. The Labute approximate surface area is 161 Å². The molecule has 0 aliphatic heterocycles. The van der Waals surface area contributed by atoms with Crippen LogP contribution in [-0.4, -0.2) is 39.5 Å². The number of hydrogen-bond donors (Lipinski definition) is 3. The molecule has 0 aliphatic carbocycles. The van der Waals surface area contributed by atoms with Gasteiger partial charge < -0.3 is 10.6 Å². The first-order chi connectivity index (χ1) is 12.7. The number of hydrogen-bond acceptors (Lipinski definition) is 3. The van der Waals surface area contributed by atoms with Crippen molar-refractivity contribution in [1.29, 1.82) is 0 Å². The maximum absolute atomic E-state index is 12.4. The molecule has 148 valence electrons. The number of nitrogens with one attached hydrogen (secondary N) is 2. The smallest absolute Gasteiger partial charge is 0.240 e. The number of amides is 1. The van der Waals surface area contributed by atoms with Gasteiger partial charge in [-0.2, -0.15) is 0 Å². The highest BCUT2D eigenvalue weighted by atomic mass is 32.2. The summed E-state index contributed by atoms with van der Waals surface area (Å²) in [6.07, 6.45) is 1.00. The summed E-state index contributed by atoms with van der Waals surface area (Å²) in [6, 6.07) is 12.6. The highest BCUT2D eigenvalue weighted by molar-refractivity contribution is 7.89. The monoisotopic (exact) mass is 392 g/mol. The predicted octanol–water partition coefficient (Wildman–Crippen LogP) is 1.38. The first-order valence-electron chi connectivity index (χ1n) is 9.27. The van der Waals surface area contributed by atoms with E-state index in [9.17, 15) is 13.2 Å². The lowest BCUT2D eigenvalue weighted by Crippen LogP contribution is -2.94. The molecular formula is C20H30N3O3S+. The first kappa shape index (κ1) is 21.3. The highest BCUT2D eigenvalue weighted by Crippen LogP contribution is 2.18. The molecule has 0 saturated carbocycles. The summed E-state index contributed by atoms with van der Waals surface area (Å²) in [4.78, 5) is 12.1. The molecule has 2 aromatic carbocycles. The average molecular weight is 393 g/mol. The molecule has 0 aliphatic rings. The van der Waals surface area contributed by atoms with Crippen LogP contribution in [0.25, 0.3) is 10.8 Å². The summed E-state index contributed by atoms with van der Waals surface area (Å²) in [5.41, 5.74) is 0.186. The fourth-order valence-corrected chi connectivity index (χ4v) is 3.74. The van der Waals surface area contributed by atoms with Gasteiger partial charge in [0.2, 0.25) is 15.9 Å². The van der Waals surface area contributed by atoms with Gasteiger partial charge in [0, 0.05) is 25.9 Å². The Hall–Kier alpha value is -1.96. The molecule has 7 heteroatoms. The molecule has 2 aromatic rings. The standard InChI is InChI=1S/C20H29N3O3S/c1-20(2,3)22-13-6-12-21-19(24)11-14-23-27(25,26)18-10-9-16-7-4-5-8-17(16)15-18/h4-5,7-10,15,22-23H,6,11-14H2,1-3H3,(H,21,24)/p+1. The van der Waals surface area contributed by atoms with Gasteiger partial charge >= 0.3 is 0 Å². The van der Waals surface area contributed by atoms with Crippen molar-refractivity contribution in [2.24, 2.45) is 0 Å². The van der Waals surface area contributed by atoms with E-state index in [0.717, 1.165) is 23.7 Å². The molecule has 0 spiro atoms. The number of sulfonamides is 1. The van der Waals surface area contributed by atoms with Crippen molar-refractivity contribution in [2.75, 3.05) is 19.6 Å². The van der Waals surface area contributed by atoms with Crippen molar-refractivity contribution < 1.29 is 18.5 Å². The van der Waals surface area contributed by atoms with Crippen molar-refractivity contribution >= 4 is 26.7 Å². The molecule has 0 heterocycles. The minimum Gasteiger partial charge on any atom is -0.356 e. The minimum atomic E-state index is -3.63. The summed E-state index contributed by atoms with van der Waals surface area (Å²) < 4.78 is 27.3. The normalized spacial score (nSPS) is 12.3. The van der Waals surface area contributed by atoms with E-state index in [4.69, 9.17) is 0 Å². The summed E-state index contributed by atoms with van der Waals surface area (Å²) in [5.74, 6) is -0.146. The molecule has 0 unspecified atom stereocenters. The number of carbonyl (C=O) groups is 1. The van der Waals surface area contributed by atoms with E-state index in [0.29, 0.717) is 6.54 Å². The van der Waals surface area contributed by atoms with Crippen LogP contribution in [-0.2, 0) is 14.8 Å². The molecule has 4 N–H and O–H groups in total. The summed E-state index contributed by atoms with van der Waals surface area (Å²) >= 11 is 0. The van der Waals surface area contributed by atoms with Gasteiger partial charge in [-0.15, -0.1) is 0 Å². The topological polar surface area (TPSA) is 91.9 Å². The van der Waals surface area contributed by atoms with Crippen LogP contribution < -0.4 is 15.4 Å². The fraction of sp³-hybridized carbons (Fsp3) is 0.450. The molecule has 27 heavy (non-hydrogen) atoms. The number of fused-ring (bicyclic) bond motifs is 1. The minimum absolute atomic E-state index is 0.0785. The van der Waals surface area contributed by atoms with E-state index in [-0.39, 0.29) is 29.3 Å². The molecule has 1 amide bonds. The third-order valence-corrected chi connectivity index (χ3v) is 5.59. The van der Waals surface area contributed by atoms with Crippen LogP contribution in [0.5, 0.6) is 0 Å². The van der Waals surface area contributed by atoms with Crippen molar-refractivity contribution in [1.82, 2.24) is 10.0 Å². The van der Waals surface area contributed by atoms with E-state index in [1.807, 2.05) is 24.3 Å². The Morgan fingerprint density at radius 2 is 1.74 bits per heavy atom. The predicted molar refractivity (Wildman–Crippen MR) is 108 cm³/mol. The van der Waals surface area contributed by atoms with Crippen LogP contribution in [0.15, 0.2) is 47.4 Å². The van der Waals surface area contributed by atoms with Gasteiger partial charge in [0.25, 0.3) is 0 Å². The average Bonchev–Trinajstić information content (AvgIpc) is 2.60. The van der Waals surface area contributed by atoms with Crippen LogP contribution in [0.1, 0.15) is 33.6 Å². The van der Waals surface area contributed by atoms with E-state index in [1.54, 1.807) is 18.2 Å². The molecule has 0 saturated heterocycles. The molecule has 0 atom stereocenters. The lowest BCUT2D eigenvalue weighted by molar-refractivity contribution is -0.717. The summed E-state index contributed by atoms with van der Waals surface area (Å²) in [5, 5.41) is 6.91. The molecule has 0 aromatic heterocycles. The quantitative estimate of drug-likeness (QED) is 0.563. The van der Waals surface area contributed by atoms with Gasteiger partial charge in [-0.3, -0.25) is 4.79 Å². The van der Waals surface area contributed by atoms with Gasteiger partial charge in [0.05, 0.1) is 17.0 Å². The Bertz CT molecular complexity index is 873. The molecule has 0 radical (unpaired) electrons. The fourth-order valence-electron chi connectivity index (χ4n) is 2.67. The SMILES string of the molecule is CC(C)(C)[NH2+]CCCNC(=O)CCNS(=O)(=O)c1ccc2ccccc2c1. The zero-order chi connectivity index (χ0) is 19.9. The van der Waals surface area contributed by atoms with Crippen LogP contribution in [0.3, 0.4) is 0 Å². The van der Waals surface area contributed by atoms with Gasteiger partial charge in [-0.25, -0.2) is 13.1 Å². The van der Waals surface area contributed by atoms with Crippen LogP contribution in [0.2, 0.25) is 0 Å². The number of nitrogens with two attached hydrogens (primary N) is 1. The molecule has 0 bridgehead atoms. The first-order valence-corrected chi connectivity index (χ1v) is 10.8. The third-order valence-electron chi connectivity index (χ3n) is 4.14. The van der Waals surface area contributed by atoms with Crippen LogP contribution in [0, 0.1) is 0 Å². The van der Waals surface area contributed by atoms with E-state index in [1.165, 1.54) is 0 Å². The summed E-state index contributed by atoms with van der Waals surface area (Å²) in [6.45, 7) is 8.06. The van der Waals surface area contributed by atoms with Gasteiger partial charge in [0.1, 0.15) is 0 Å². The van der Waals surface area contributed by atoms with Gasteiger partial charge in [-0.1, -0.05) is 30.3 Å². The largest absolute Gasteiger partial charge is 0.356 e. The number of benzene rings is 2. The second kappa shape index (κ2) is 9.30. The van der Waals surface area contributed by atoms with Crippen molar-refractivity contribution in [3.05, 3.63) is 42.5 Å². The summed E-state index contributed by atoms with van der Waals surface area (Å²) in [7, 11) is -3.63. The third kappa shape index (κ3) is 7.28. The van der Waals surface area contributed by atoms with Crippen LogP contribution >= 0.6 is 0 Å². The Morgan fingerprint density at radius 1 is 1.04 bits per heavy atom. The van der Waals surface area contributed by atoms with E-state index >= 15 is 0 Å². The second-order valence-electron chi connectivity index (χ2n) is 7.72. The zero-order valence-corrected chi connectivity index (χ0v) is 17.1. The zero-order valence-electron chi connectivity index (χ0n) is 16.3. The Balaban J connectivity index is 1.75. The van der Waals surface area contributed by atoms with Crippen molar-refractivity contribution in [2.45, 2.75) is 44.0 Å². The highest BCUT2D eigenvalue weighted by Gasteiger charge is 2.15. The molecule has 0 fully saturated rings. The molecule has 2 rings (SSSR count). The molecule has 6 nitrogen and oxygen atoms in total. The van der Waals surface area contributed by atoms with Crippen molar-refractivity contribution in [3.8, 4) is 0 Å². The van der Waals surface area contributed by atoms with Crippen LogP contribution in [0.4, 0.5) is 0 Å². The van der Waals surface area contributed by atoms with Crippen molar-refractivity contribution in [3.63, 3.8) is 0 Å². The maximum Gasteiger partial charge on any atom is 0.240 e. The van der Waals surface area contributed by atoms with E-state index < -0.39 is 10.0 Å². The Morgan fingerprint density at radius 3 is 2.44 bits per heavy atom. The number of rotatable bonds is 9. The lowest BCUT2D eigenvalue weighted by Gasteiger charge is -2.16. The second-order valence-corrected chi connectivity index (χ2v) is 9.49. The number of quaternary nitrogens is 1.